The summed E-state index contributed by atoms with van der Waals surface area (Å²) in [5.74, 6) is -2.28. The molecule has 3 rings (SSSR count). The van der Waals surface area contributed by atoms with Crippen molar-refractivity contribution in [1.29, 1.82) is 0 Å². The molecule has 0 aliphatic carbocycles. The smallest absolute Gasteiger partial charge is 0.338 e. The number of fused-ring (bicyclic) bond motifs is 1. The van der Waals surface area contributed by atoms with Gasteiger partial charge in [0.05, 0.1) is 0 Å². The maximum Gasteiger partial charge on any atom is 0.338 e. The van der Waals surface area contributed by atoms with E-state index in [9.17, 15) is 19.8 Å². The Hall–Kier alpha value is -3.54. The minimum atomic E-state index is -0.819. The molecule has 25 heavy (non-hydrogen) atoms. The van der Waals surface area contributed by atoms with Crippen LogP contribution in [-0.2, 0) is 4.79 Å². The average molecular weight is 338 g/mol. The highest BCUT2D eigenvalue weighted by Crippen LogP contribution is 2.37. The predicted molar refractivity (Wildman–Crippen MR) is 91.7 cm³/mol. The largest absolute Gasteiger partial charge is 0.504 e. The number of hydrogen-bond donors (Lipinski definition) is 2. The van der Waals surface area contributed by atoms with E-state index < -0.39 is 22.9 Å². The van der Waals surface area contributed by atoms with Crippen LogP contribution >= 0.6 is 0 Å². The Morgan fingerprint density at radius 1 is 1.12 bits per heavy atom. The maximum absolute atomic E-state index is 12.6. The highest BCUT2D eigenvalue weighted by molar-refractivity contribution is 5.95. The monoisotopic (exact) mass is 338 g/mol. The zero-order valence-corrected chi connectivity index (χ0v) is 13.3. The summed E-state index contributed by atoms with van der Waals surface area (Å²) >= 11 is 0. The third-order valence-electron chi connectivity index (χ3n) is 3.55. The van der Waals surface area contributed by atoms with Crippen molar-refractivity contribution in [1.82, 2.24) is 0 Å². The zero-order valence-electron chi connectivity index (χ0n) is 13.3. The second kappa shape index (κ2) is 6.16. The fourth-order valence-electron chi connectivity index (χ4n) is 2.30. The van der Waals surface area contributed by atoms with Crippen LogP contribution in [0.4, 0.5) is 0 Å². The molecule has 0 unspecified atom stereocenters. The Morgan fingerprint density at radius 2 is 1.80 bits per heavy atom. The van der Waals surface area contributed by atoms with Gasteiger partial charge in [0.15, 0.2) is 17.3 Å². The fraction of sp³-hybridized carbons (Fsp3) is 0.0526. The molecule has 0 aliphatic rings. The Balaban J connectivity index is 2.29. The number of esters is 1. The number of hydrogen-bond acceptors (Lipinski definition) is 6. The molecule has 0 fully saturated rings. The van der Waals surface area contributed by atoms with Crippen molar-refractivity contribution < 1.29 is 24.2 Å². The molecule has 0 aliphatic heterocycles. The minimum absolute atomic E-state index is 0.0130. The standard InChI is InChI=1S/C19H14O6/c1-10(2)19(23)25-18-12(20)8-9-13-14(18)15(21)16(22)17(24-13)11-6-4-3-5-7-11/h3-9,20,22H,1H2,2H3. The molecule has 2 N–H and O–H groups in total. The summed E-state index contributed by atoms with van der Waals surface area (Å²) in [6, 6.07) is 11.2. The number of phenolic OH excluding ortho intramolecular Hbond substituents is 1. The summed E-state index contributed by atoms with van der Waals surface area (Å²) < 4.78 is 10.7. The normalized spacial score (nSPS) is 10.6. The molecule has 3 aromatic rings. The lowest BCUT2D eigenvalue weighted by molar-refractivity contribution is -0.130. The van der Waals surface area contributed by atoms with E-state index in [1.807, 2.05) is 0 Å². The van der Waals surface area contributed by atoms with Crippen LogP contribution in [0.5, 0.6) is 17.2 Å². The first-order valence-electron chi connectivity index (χ1n) is 7.35. The first-order valence-corrected chi connectivity index (χ1v) is 7.35. The van der Waals surface area contributed by atoms with Crippen LogP contribution in [0, 0.1) is 0 Å². The van der Waals surface area contributed by atoms with E-state index in [0.29, 0.717) is 5.56 Å². The topological polar surface area (TPSA) is 97.0 Å². The lowest BCUT2D eigenvalue weighted by atomic mass is 10.1. The van der Waals surface area contributed by atoms with E-state index in [1.54, 1.807) is 30.3 Å². The average Bonchev–Trinajstić information content (AvgIpc) is 2.60. The van der Waals surface area contributed by atoms with Crippen LogP contribution in [0.1, 0.15) is 6.92 Å². The number of ether oxygens (including phenoxy) is 1. The summed E-state index contributed by atoms with van der Waals surface area (Å²) in [7, 11) is 0. The second-order valence-corrected chi connectivity index (χ2v) is 5.43. The molecule has 6 nitrogen and oxygen atoms in total. The summed E-state index contributed by atoms with van der Waals surface area (Å²) in [4.78, 5) is 24.4. The van der Waals surface area contributed by atoms with Crippen LogP contribution in [-0.4, -0.2) is 16.2 Å². The Morgan fingerprint density at radius 3 is 2.44 bits per heavy atom. The van der Waals surface area contributed by atoms with Gasteiger partial charge in [-0.15, -0.1) is 0 Å². The molecule has 0 radical (unpaired) electrons. The molecule has 0 bridgehead atoms. The number of phenols is 1. The number of carbonyl (C=O) groups is 1. The number of aromatic hydroxyl groups is 2. The Labute approximate surface area is 142 Å². The van der Waals surface area contributed by atoms with E-state index in [1.165, 1.54) is 19.1 Å². The summed E-state index contributed by atoms with van der Waals surface area (Å²) in [5, 5.41) is 20.0. The molecule has 0 spiro atoms. The zero-order chi connectivity index (χ0) is 18.1. The van der Waals surface area contributed by atoms with Gasteiger partial charge in [-0.05, 0) is 19.1 Å². The van der Waals surface area contributed by atoms with Crippen molar-refractivity contribution in [2.45, 2.75) is 6.92 Å². The van der Waals surface area contributed by atoms with Gasteiger partial charge >= 0.3 is 5.97 Å². The highest BCUT2D eigenvalue weighted by Gasteiger charge is 2.22. The molecular weight excluding hydrogens is 324 g/mol. The van der Waals surface area contributed by atoms with Crippen molar-refractivity contribution in [2.24, 2.45) is 0 Å². The van der Waals surface area contributed by atoms with Gasteiger partial charge in [-0.2, -0.15) is 0 Å². The van der Waals surface area contributed by atoms with Crippen LogP contribution in [0.3, 0.4) is 0 Å². The van der Waals surface area contributed by atoms with Gasteiger partial charge < -0.3 is 19.4 Å². The van der Waals surface area contributed by atoms with E-state index in [2.05, 4.69) is 6.58 Å². The van der Waals surface area contributed by atoms with E-state index in [-0.39, 0.29) is 28.1 Å². The number of carbonyl (C=O) groups excluding carboxylic acids is 1. The SMILES string of the molecule is C=C(C)C(=O)Oc1c(O)ccc2oc(-c3ccccc3)c(O)c(=O)c12. The number of rotatable bonds is 3. The minimum Gasteiger partial charge on any atom is -0.504 e. The van der Waals surface area contributed by atoms with Gasteiger partial charge in [0.25, 0.3) is 0 Å². The first kappa shape index (κ1) is 16.3. The van der Waals surface area contributed by atoms with Gasteiger partial charge in [-0.1, -0.05) is 36.9 Å². The molecule has 0 atom stereocenters. The first-order chi connectivity index (χ1) is 11.9. The van der Waals surface area contributed by atoms with Crippen LogP contribution < -0.4 is 10.2 Å². The van der Waals surface area contributed by atoms with E-state index >= 15 is 0 Å². The van der Waals surface area contributed by atoms with Gasteiger partial charge in [0.2, 0.25) is 11.2 Å². The summed E-state index contributed by atoms with van der Waals surface area (Å²) in [5.41, 5.74) is -0.164. The summed E-state index contributed by atoms with van der Waals surface area (Å²) in [6.45, 7) is 4.88. The fourth-order valence-corrected chi connectivity index (χ4v) is 2.30. The molecule has 6 heteroatoms. The highest BCUT2D eigenvalue weighted by atomic mass is 16.5. The van der Waals surface area contributed by atoms with Crippen molar-refractivity contribution in [3.05, 3.63) is 64.8 Å². The van der Waals surface area contributed by atoms with Crippen LogP contribution in [0.25, 0.3) is 22.3 Å². The predicted octanol–water partition coefficient (Wildman–Crippen LogP) is 3.35. The van der Waals surface area contributed by atoms with E-state index in [4.69, 9.17) is 9.15 Å². The van der Waals surface area contributed by atoms with E-state index in [0.717, 1.165) is 0 Å². The van der Waals surface area contributed by atoms with Crippen molar-refractivity contribution >= 4 is 16.9 Å². The molecular formula is C19H14O6. The molecule has 0 saturated carbocycles. The Bertz CT molecular complexity index is 1050. The molecule has 0 saturated heterocycles. The van der Waals surface area contributed by atoms with Gasteiger partial charge in [-0.3, -0.25) is 4.79 Å². The second-order valence-electron chi connectivity index (χ2n) is 5.43. The molecule has 0 amide bonds. The molecule has 1 heterocycles. The van der Waals surface area contributed by atoms with Gasteiger partial charge in [-0.25, -0.2) is 4.79 Å². The molecule has 2 aromatic carbocycles. The molecule has 1 aromatic heterocycles. The lowest BCUT2D eigenvalue weighted by Crippen LogP contribution is -2.12. The third-order valence-corrected chi connectivity index (χ3v) is 3.55. The summed E-state index contributed by atoms with van der Waals surface area (Å²) in [6.07, 6.45) is 0. The number of benzene rings is 2. The van der Waals surface area contributed by atoms with Crippen LogP contribution in [0.15, 0.2) is 63.8 Å². The Kier molecular flexibility index (Phi) is 4.02. The molecule has 126 valence electrons. The lowest BCUT2D eigenvalue weighted by Gasteiger charge is -2.11. The van der Waals surface area contributed by atoms with Gasteiger partial charge in [0.1, 0.15) is 11.0 Å². The maximum atomic E-state index is 12.6. The van der Waals surface area contributed by atoms with Crippen molar-refractivity contribution in [2.75, 3.05) is 0 Å². The van der Waals surface area contributed by atoms with Crippen molar-refractivity contribution in [3.63, 3.8) is 0 Å². The quantitative estimate of drug-likeness (QED) is 0.432. The van der Waals surface area contributed by atoms with Crippen molar-refractivity contribution in [3.8, 4) is 28.6 Å². The van der Waals surface area contributed by atoms with Crippen LogP contribution in [0.2, 0.25) is 0 Å². The van der Waals surface area contributed by atoms with Gasteiger partial charge in [0, 0.05) is 11.1 Å². The third kappa shape index (κ3) is 2.85.